The summed E-state index contributed by atoms with van der Waals surface area (Å²) in [6.07, 6.45) is 1.21. The van der Waals surface area contributed by atoms with E-state index in [0.717, 1.165) is 30.9 Å². The molecule has 1 amide bonds. The molecule has 1 aliphatic heterocycles. The molecule has 2 unspecified atom stereocenters. The third-order valence-corrected chi connectivity index (χ3v) is 6.01. The summed E-state index contributed by atoms with van der Waals surface area (Å²) < 4.78 is 0. The van der Waals surface area contributed by atoms with E-state index in [1.165, 1.54) is 5.56 Å². The molecule has 0 aromatic heterocycles. The number of nitrogen functional groups attached to an aromatic ring is 1. The summed E-state index contributed by atoms with van der Waals surface area (Å²) in [6.45, 7) is 7.57. The van der Waals surface area contributed by atoms with Crippen LogP contribution < -0.4 is 5.73 Å². The first-order valence-electron chi connectivity index (χ1n) is 10.3. The van der Waals surface area contributed by atoms with Crippen LogP contribution >= 0.6 is 0 Å². The van der Waals surface area contributed by atoms with E-state index in [1.54, 1.807) is 0 Å². The lowest BCUT2D eigenvalue weighted by molar-refractivity contribution is -0.135. The van der Waals surface area contributed by atoms with E-state index in [0.29, 0.717) is 24.7 Å². The normalized spacial score (nSPS) is 22.8. The van der Waals surface area contributed by atoms with Gasteiger partial charge in [-0.1, -0.05) is 62.4 Å². The Bertz CT molecular complexity index is 764. The van der Waals surface area contributed by atoms with Gasteiger partial charge in [-0.15, -0.1) is 0 Å². The number of likely N-dealkylation sites (tertiary alicyclic amines) is 1. The lowest BCUT2D eigenvalue weighted by Crippen LogP contribution is -2.55. The number of amides is 1. The van der Waals surface area contributed by atoms with Crippen LogP contribution in [0.15, 0.2) is 54.6 Å². The zero-order valence-corrected chi connectivity index (χ0v) is 17.3. The van der Waals surface area contributed by atoms with Crippen LogP contribution in [0.5, 0.6) is 0 Å². The number of nitrogens with two attached hydrogens (primary N) is 1. The van der Waals surface area contributed by atoms with Crippen molar-refractivity contribution in [2.24, 2.45) is 11.8 Å². The van der Waals surface area contributed by atoms with Crippen molar-refractivity contribution in [2.75, 3.05) is 25.9 Å². The Morgan fingerprint density at radius 3 is 2.29 bits per heavy atom. The number of nitrogens with zero attached hydrogens (tertiary/aromatic N) is 2. The van der Waals surface area contributed by atoms with Gasteiger partial charge in [0.1, 0.15) is 0 Å². The largest absolute Gasteiger partial charge is 0.399 e. The van der Waals surface area contributed by atoms with Crippen LogP contribution in [0, 0.1) is 11.8 Å². The predicted molar refractivity (Wildman–Crippen MR) is 116 cm³/mol. The fraction of sp³-hybridized carbons (Fsp3) is 0.458. The second-order valence-corrected chi connectivity index (χ2v) is 8.33. The Kier molecular flexibility index (Phi) is 6.74. The molecule has 2 aromatic carbocycles. The molecule has 150 valence electrons. The Morgan fingerprint density at radius 2 is 1.64 bits per heavy atom. The highest BCUT2D eigenvalue weighted by Crippen LogP contribution is 2.28. The van der Waals surface area contributed by atoms with Crippen molar-refractivity contribution in [1.29, 1.82) is 0 Å². The van der Waals surface area contributed by atoms with Crippen LogP contribution in [0.3, 0.4) is 0 Å². The molecule has 2 aromatic rings. The summed E-state index contributed by atoms with van der Waals surface area (Å²) in [5.41, 5.74) is 9.20. The number of para-hydroxylation sites is 1. The van der Waals surface area contributed by atoms with E-state index < -0.39 is 0 Å². The van der Waals surface area contributed by atoms with Gasteiger partial charge >= 0.3 is 0 Å². The van der Waals surface area contributed by atoms with Crippen molar-refractivity contribution < 1.29 is 4.79 Å². The first-order chi connectivity index (χ1) is 13.5. The number of anilines is 1. The Hall–Kier alpha value is -2.33. The maximum atomic E-state index is 12.9. The fourth-order valence-electron chi connectivity index (χ4n) is 4.75. The summed E-state index contributed by atoms with van der Waals surface area (Å²) in [5, 5.41) is 0. The molecular formula is C24H33N3O. The minimum absolute atomic E-state index is 0.212. The Labute approximate surface area is 169 Å². The number of piperidine rings is 1. The van der Waals surface area contributed by atoms with E-state index in [9.17, 15) is 4.79 Å². The van der Waals surface area contributed by atoms with Crippen molar-refractivity contribution in [3.8, 4) is 0 Å². The number of aryl methyl sites for hydroxylation is 1. The predicted octanol–water partition coefficient (Wildman–Crippen LogP) is 3.82. The Balaban J connectivity index is 1.57. The van der Waals surface area contributed by atoms with Crippen molar-refractivity contribution in [1.82, 2.24) is 9.80 Å². The average Bonchev–Trinajstić information content (AvgIpc) is 2.67. The number of hydrogen-bond acceptors (Lipinski definition) is 3. The summed E-state index contributed by atoms with van der Waals surface area (Å²) in [6, 6.07) is 18.7. The number of hydrogen-bond donors (Lipinski definition) is 1. The molecule has 1 aliphatic rings. The van der Waals surface area contributed by atoms with Gasteiger partial charge < -0.3 is 10.6 Å². The molecule has 0 radical (unpaired) electrons. The SMILES string of the molecule is CC1CN(Cc2ccccc2)CC(C)C1N(C)C(=O)CCc1ccccc1N. The molecule has 1 heterocycles. The van der Waals surface area contributed by atoms with Crippen LogP contribution in [0.25, 0.3) is 0 Å². The molecular weight excluding hydrogens is 346 g/mol. The maximum Gasteiger partial charge on any atom is 0.222 e. The zero-order chi connectivity index (χ0) is 20.1. The number of benzene rings is 2. The van der Waals surface area contributed by atoms with Crippen LogP contribution in [0.1, 0.15) is 31.4 Å². The van der Waals surface area contributed by atoms with Gasteiger partial charge in [-0.25, -0.2) is 0 Å². The molecule has 0 bridgehead atoms. The van der Waals surface area contributed by atoms with Crippen molar-refractivity contribution in [3.63, 3.8) is 0 Å². The number of carbonyl (C=O) groups excluding carboxylic acids is 1. The van der Waals surface area contributed by atoms with Gasteiger partial charge in [-0.05, 0) is 35.4 Å². The topological polar surface area (TPSA) is 49.6 Å². The molecule has 1 fully saturated rings. The van der Waals surface area contributed by atoms with Crippen LogP contribution in [0.4, 0.5) is 5.69 Å². The maximum absolute atomic E-state index is 12.9. The second-order valence-electron chi connectivity index (χ2n) is 8.33. The molecule has 2 N–H and O–H groups in total. The van der Waals surface area contributed by atoms with Crippen LogP contribution in [0.2, 0.25) is 0 Å². The molecule has 28 heavy (non-hydrogen) atoms. The second kappa shape index (κ2) is 9.24. The fourth-order valence-corrected chi connectivity index (χ4v) is 4.75. The quantitative estimate of drug-likeness (QED) is 0.777. The van der Waals surface area contributed by atoms with Crippen LogP contribution in [-0.2, 0) is 17.8 Å². The molecule has 0 saturated carbocycles. The Morgan fingerprint density at radius 1 is 1.04 bits per heavy atom. The molecule has 0 aliphatic carbocycles. The van der Waals surface area contributed by atoms with Crippen molar-refractivity contribution in [3.05, 3.63) is 65.7 Å². The monoisotopic (exact) mass is 379 g/mol. The third kappa shape index (κ3) is 4.93. The summed E-state index contributed by atoms with van der Waals surface area (Å²) in [5.74, 6) is 1.11. The highest BCUT2D eigenvalue weighted by Gasteiger charge is 2.36. The highest BCUT2D eigenvalue weighted by molar-refractivity contribution is 5.76. The zero-order valence-electron chi connectivity index (χ0n) is 17.3. The van der Waals surface area contributed by atoms with Crippen molar-refractivity contribution >= 4 is 11.6 Å². The molecule has 4 nitrogen and oxygen atoms in total. The van der Waals surface area contributed by atoms with E-state index >= 15 is 0 Å². The highest BCUT2D eigenvalue weighted by atomic mass is 16.2. The van der Waals surface area contributed by atoms with Gasteiger partial charge in [0.25, 0.3) is 0 Å². The van der Waals surface area contributed by atoms with E-state index in [1.807, 2.05) is 36.2 Å². The molecule has 4 heteroatoms. The van der Waals surface area contributed by atoms with Gasteiger partial charge in [0.2, 0.25) is 5.91 Å². The minimum atomic E-state index is 0.212. The summed E-state index contributed by atoms with van der Waals surface area (Å²) in [7, 11) is 1.97. The van der Waals surface area contributed by atoms with Crippen molar-refractivity contribution in [2.45, 2.75) is 39.3 Å². The summed E-state index contributed by atoms with van der Waals surface area (Å²) >= 11 is 0. The number of rotatable bonds is 6. The molecule has 3 rings (SSSR count). The van der Waals surface area contributed by atoms with E-state index in [-0.39, 0.29) is 11.9 Å². The van der Waals surface area contributed by atoms with Gasteiger partial charge in [0, 0.05) is 44.8 Å². The minimum Gasteiger partial charge on any atom is -0.399 e. The average molecular weight is 380 g/mol. The van der Waals surface area contributed by atoms with Gasteiger partial charge in [-0.3, -0.25) is 9.69 Å². The standard InChI is InChI=1S/C24H33N3O/c1-18-15-27(17-20-9-5-4-6-10-20)16-19(2)24(18)26(3)23(28)14-13-21-11-7-8-12-22(21)25/h4-12,18-19,24H,13-17,25H2,1-3H3. The lowest BCUT2D eigenvalue weighted by atomic mass is 9.84. The number of carbonyl (C=O) groups is 1. The van der Waals surface area contributed by atoms with Gasteiger partial charge in [0.05, 0.1) is 0 Å². The third-order valence-electron chi connectivity index (χ3n) is 6.01. The molecule has 0 spiro atoms. The molecule has 2 atom stereocenters. The van der Waals surface area contributed by atoms with Gasteiger partial charge in [-0.2, -0.15) is 0 Å². The van der Waals surface area contributed by atoms with Crippen LogP contribution in [-0.4, -0.2) is 41.9 Å². The lowest BCUT2D eigenvalue weighted by Gasteiger charge is -2.45. The first kappa shape index (κ1) is 20.4. The van der Waals surface area contributed by atoms with Gasteiger partial charge in [0.15, 0.2) is 0 Å². The smallest absolute Gasteiger partial charge is 0.222 e. The van der Waals surface area contributed by atoms with E-state index in [2.05, 4.69) is 49.1 Å². The summed E-state index contributed by atoms with van der Waals surface area (Å²) in [4.78, 5) is 17.4. The first-order valence-corrected chi connectivity index (χ1v) is 10.3. The molecule has 1 saturated heterocycles. The van der Waals surface area contributed by atoms with E-state index in [4.69, 9.17) is 5.73 Å².